The van der Waals surface area contributed by atoms with Gasteiger partial charge < -0.3 is 11.1 Å². The molecule has 0 bridgehead atoms. The molecule has 0 aliphatic heterocycles. The molecule has 0 unspecified atom stereocenters. The Morgan fingerprint density at radius 3 is 2.29 bits per heavy atom. The van der Waals surface area contributed by atoms with Crippen molar-refractivity contribution in [2.45, 2.75) is 0 Å². The highest BCUT2D eigenvalue weighted by atomic mass is 19.2. The Balaban J connectivity index is 1.76. The molecular weight excluding hydrogens is 314 g/mol. The molecule has 1 heterocycles. The van der Waals surface area contributed by atoms with Crippen molar-refractivity contribution >= 4 is 28.7 Å². The van der Waals surface area contributed by atoms with Gasteiger partial charge in [-0.3, -0.25) is 10.9 Å². The highest BCUT2D eigenvalue weighted by Gasteiger charge is 2.09. The lowest BCUT2D eigenvalue weighted by Crippen LogP contribution is -2.13. The second-order valence-electron chi connectivity index (χ2n) is 4.85. The first-order valence-corrected chi connectivity index (χ1v) is 7.03. The van der Waals surface area contributed by atoms with Gasteiger partial charge in [0.1, 0.15) is 12.0 Å². The molecule has 3 aromatic rings. The average Bonchev–Trinajstić information content (AvgIpc) is 2.60. The fourth-order valence-electron chi connectivity index (χ4n) is 1.96. The Morgan fingerprint density at radius 2 is 1.54 bits per heavy atom. The van der Waals surface area contributed by atoms with E-state index in [2.05, 4.69) is 26.1 Å². The zero-order valence-corrected chi connectivity index (χ0v) is 12.4. The van der Waals surface area contributed by atoms with E-state index in [-0.39, 0.29) is 11.5 Å². The van der Waals surface area contributed by atoms with Gasteiger partial charge in [-0.2, -0.15) is 0 Å². The van der Waals surface area contributed by atoms with Gasteiger partial charge in [0.15, 0.2) is 23.3 Å². The molecule has 2 aromatic carbocycles. The van der Waals surface area contributed by atoms with Gasteiger partial charge in [-0.15, -0.1) is 0 Å². The first-order valence-electron chi connectivity index (χ1n) is 7.03. The normalized spacial score (nSPS) is 10.2. The number of nitrogen functional groups attached to an aromatic ring is 1. The second kappa shape index (κ2) is 6.78. The molecule has 0 atom stereocenters. The molecule has 8 heteroatoms. The van der Waals surface area contributed by atoms with Gasteiger partial charge in [-0.05, 0) is 24.3 Å². The Bertz CT molecular complexity index is 841. The summed E-state index contributed by atoms with van der Waals surface area (Å²) >= 11 is 0. The summed E-state index contributed by atoms with van der Waals surface area (Å²) < 4.78 is 26.2. The number of halogens is 2. The standard InChI is InChI=1S/C16H14F2N6/c17-12-7-6-11(8-13(12)18)22-15-14(19)16(21-9-20-15)24-23-10-4-2-1-3-5-10/h1-9,23H,19H2,(H2,20,21,22,24). The molecule has 0 aliphatic carbocycles. The van der Waals surface area contributed by atoms with E-state index in [9.17, 15) is 8.78 Å². The fraction of sp³-hybridized carbons (Fsp3) is 0. The number of nitrogens with two attached hydrogens (primary N) is 1. The molecule has 1 aromatic heterocycles. The van der Waals surface area contributed by atoms with Crippen molar-refractivity contribution in [3.8, 4) is 0 Å². The van der Waals surface area contributed by atoms with Gasteiger partial charge in [0.2, 0.25) is 0 Å². The summed E-state index contributed by atoms with van der Waals surface area (Å²) in [4.78, 5) is 8.05. The molecule has 3 rings (SSSR count). The minimum Gasteiger partial charge on any atom is -0.393 e. The number of benzene rings is 2. The predicted octanol–water partition coefficient (Wildman–Crippen LogP) is 3.52. The van der Waals surface area contributed by atoms with E-state index in [1.54, 1.807) is 0 Å². The van der Waals surface area contributed by atoms with Crippen LogP contribution in [0.1, 0.15) is 0 Å². The van der Waals surface area contributed by atoms with Gasteiger partial charge in [0, 0.05) is 11.8 Å². The van der Waals surface area contributed by atoms with Crippen molar-refractivity contribution < 1.29 is 8.78 Å². The van der Waals surface area contributed by atoms with Crippen LogP contribution in [0.5, 0.6) is 0 Å². The topological polar surface area (TPSA) is 87.9 Å². The summed E-state index contributed by atoms with van der Waals surface area (Å²) in [7, 11) is 0. The summed E-state index contributed by atoms with van der Waals surface area (Å²) in [6.45, 7) is 0. The quantitative estimate of drug-likeness (QED) is 0.536. The van der Waals surface area contributed by atoms with Crippen molar-refractivity contribution in [1.82, 2.24) is 9.97 Å². The summed E-state index contributed by atoms with van der Waals surface area (Å²) in [5.41, 5.74) is 13.2. The molecule has 0 radical (unpaired) electrons. The van der Waals surface area contributed by atoms with Gasteiger partial charge in [-0.25, -0.2) is 18.7 Å². The second-order valence-corrected chi connectivity index (χ2v) is 4.85. The van der Waals surface area contributed by atoms with Gasteiger partial charge in [-0.1, -0.05) is 18.2 Å². The van der Waals surface area contributed by atoms with Crippen LogP contribution in [-0.2, 0) is 0 Å². The third-order valence-electron chi connectivity index (χ3n) is 3.17. The van der Waals surface area contributed by atoms with Crippen molar-refractivity contribution in [3.05, 3.63) is 66.5 Å². The maximum atomic E-state index is 13.3. The molecule has 5 N–H and O–H groups in total. The van der Waals surface area contributed by atoms with Crippen LogP contribution in [0.4, 0.5) is 37.5 Å². The van der Waals surface area contributed by atoms with Gasteiger partial charge in [0.05, 0.1) is 5.69 Å². The maximum Gasteiger partial charge on any atom is 0.173 e. The molecule has 0 saturated heterocycles. The number of hydrazine groups is 1. The van der Waals surface area contributed by atoms with Crippen LogP contribution in [0.25, 0.3) is 0 Å². The SMILES string of the molecule is Nc1c(NNc2ccccc2)ncnc1Nc1ccc(F)c(F)c1. The van der Waals surface area contributed by atoms with E-state index in [1.807, 2.05) is 30.3 Å². The maximum absolute atomic E-state index is 13.3. The van der Waals surface area contributed by atoms with E-state index >= 15 is 0 Å². The first kappa shape index (κ1) is 15.5. The molecule has 0 saturated carbocycles. The summed E-state index contributed by atoms with van der Waals surface area (Å²) in [5.74, 6) is -1.27. The summed E-state index contributed by atoms with van der Waals surface area (Å²) in [5, 5.41) is 2.83. The highest BCUT2D eigenvalue weighted by molar-refractivity contribution is 5.78. The van der Waals surface area contributed by atoms with Crippen LogP contribution in [-0.4, -0.2) is 9.97 Å². The lowest BCUT2D eigenvalue weighted by atomic mass is 10.3. The van der Waals surface area contributed by atoms with E-state index in [0.717, 1.165) is 17.8 Å². The Kier molecular flexibility index (Phi) is 4.37. The minimum atomic E-state index is -0.961. The Hall–Kier alpha value is -3.42. The van der Waals surface area contributed by atoms with Crippen molar-refractivity contribution in [2.75, 3.05) is 21.9 Å². The molecule has 24 heavy (non-hydrogen) atoms. The average molecular weight is 328 g/mol. The number of anilines is 5. The number of nitrogens with zero attached hydrogens (tertiary/aromatic N) is 2. The Labute approximate surface area is 136 Å². The summed E-state index contributed by atoms with van der Waals surface area (Å²) in [6, 6.07) is 12.8. The molecule has 6 nitrogen and oxygen atoms in total. The predicted molar refractivity (Wildman–Crippen MR) is 89.8 cm³/mol. The largest absolute Gasteiger partial charge is 0.393 e. The number of hydrogen-bond acceptors (Lipinski definition) is 6. The van der Waals surface area contributed by atoms with Crippen LogP contribution in [0.2, 0.25) is 0 Å². The van der Waals surface area contributed by atoms with Gasteiger partial charge >= 0.3 is 0 Å². The molecule has 0 aliphatic rings. The number of hydrogen-bond donors (Lipinski definition) is 4. The fourth-order valence-corrected chi connectivity index (χ4v) is 1.96. The van der Waals surface area contributed by atoms with Crippen LogP contribution in [0.3, 0.4) is 0 Å². The van der Waals surface area contributed by atoms with E-state index in [0.29, 0.717) is 11.5 Å². The van der Waals surface area contributed by atoms with E-state index in [1.165, 1.54) is 12.4 Å². The molecule has 0 fully saturated rings. The smallest absolute Gasteiger partial charge is 0.173 e. The molecule has 0 spiro atoms. The zero-order chi connectivity index (χ0) is 16.9. The monoisotopic (exact) mass is 328 g/mol. The van der Waals surface area contributed by atoms with Crippen molar-refractivity contribution in [2.24, 2.45) is 0 Å². The van der Waals surface area contributed by atoms with Crippen LogP contribution < -0.4 is 21.9 Å². The first-order chi connectivity index (χ1) is 11.6. The van der Waals surface area contributed by atoms with Crippen molar-refractivity contribution in [1.29, 1.82) is 0 Å². The molecule has 122 valence electrons. The van der Waals surface area contributed by atoms with Crippen LogP contribution in [0.15, 0.2) is 54.9 Å². The zero-order valence-electron chi connectivity index (χ0n) is 12.4. The number of aromatic nitrogens is 2. The van der Waals surface area contributed by atoms with Crippen molar-refractivity contribution in [3.63, 3.8) is 0 Å². The van der Waals surface area contributed by atoms with E-state index in [4.69, 9.17) is 5.73 Å². The lowest BCUT2D eigenvalue weighted by molar-refractivity contribution is 0.509. The third kappa shape index (κ3) is 3.49. The third-order valence-corrected chi connectivity index (χ3v) is 3.17. The molecular formula is C16H14F2N6. The van der Waals surface area contributed by atoms with Crippen LogP contribution >= 0.6 is 0 Å². The minimum absolute atomic E-state index is 0.227. The van der Waals surface area contributed by atoms with Crippen LogP contribution in [0, 0.1) is 11.6 Å². The van der Waals surface area contributed by atoms with Gasteiger partial charge in [0.25, 0.3) is 0 Å². The van der Waals surface area contributed by atoms with E-state index < -0.39 is 11.6 Å². The highest BCUT2D eigenvalue weighted by Crippen LogP contribution is 2.26. The number of rotatable bonds is 5. The number of nitrogens with one attached hydrogen (secondary N) is 3. The molecule has 0 amide bonds. The summed E-state index contributed by atoms with van der Waals surface area (Å²) in [6.07, 6.45) is 1.30. The lowest BCUT2D eigenvalue weighted by Gasteiger charge is -2.13. The Morgan fingerprint density at radius 1 is 0.792 bits per heavy atom. The number of para-hydroxylation sites is 1.